The lowest BCUT2D eigenvalue weighted by Crippen LogP contribution is -2.50. The maximum Gasteiger partial charge on any atom is 0.406 e. The van der Waals surface area contributed by atoms with Gasteiger partial charge in [-0.3, -0.25) is 4.79 Å². The first-order valence-electron chi connectivity index (χ1n) is 10.9. The molecule has 0 spiro atoms. The first-order valence-corrected chi connectivity index (χ1v) is 10.9. The summed E-state index contributed by atoms with van der Waals surface area (Å²) in [5, 5.41) is 11.7. The number of ether oxygens (including phenoxy) is 2. The Bertz CT molecular complexity index is 922. The van der Waals surface area contributed by atoms with E-state index in [4.69, 9.17) is 9.84 Å². The highest BCUT2D eigenvalue weighted by Crippen LogP contribution is 2.36. The second-order valence-electron chi connectivity index (χ2n) is 7.97. The molecule has 1 saturated heterocycles. The van der Waals surface area contributed by atoms with Crippen molar-refractivity contribution in [3.05, 3.63) is 24.0 Å². The second-order valence-corrected chi connectivity index (χ2v) is 7.97. The van der Waals surface area contributed by atoms with Crippen LogP contribution in [0.4, 0.5) is 4.79 Å². The van der Waals surface area contributed by atoms with Crippen molar-refractivity contribution in [2.24, 2.45) is 0 Å². The van der Waals surface area contributed by atoms with Gasteiger partial charge in [-0.25, -0.2) is 14.5 Å². The predicted octanol–water partition coefficient (Wildman–Crippen LogP) is 1.22. The lowest BCUT2D eigenvalue weighted by atomic mass is 10.1. The van der Waals surface area contributed by atoms with Gasteiger partial charge in [0.05, 0.1) is 25.5 Å². The fraction of sp³-hybridized carbons (Fsp3) is 0.619. The zero-order valence-corrected chi connectivity index (χ0v) is 18.0. The topological polar surface area (TPSA) is 111 Å². The summed E-state index contributed by atoms with van der Waals surface area (Å²) >= 11 is 0. The highest BCUT2D eigenvalue weighted by Gasteiger charge is 2.41. The molecule has 168 valence electrons. The van der Waals surface area contributed by atoms with Crippen LogP contribution in [0.2, 0.25) is 0 Å². The fourth-order valence-electron chi connectivity index (χ4n) is 4.05. The Morgan fingerprint density at radius 2 is 2.29 bits per heavy atom. The molecule has 1 saturated carbocycles. The number of rotatable bonds is 8. The lowest BCUT2D eigenvalue weighted by molar-refractivity contribution is -0.148. The minimum atomic E-state index is -0.451. The van der Waals surface area contributed by atoms with E-state index in [9.17, 15) is 9.59 Å². The number of methoxy groups -OCH3 is 1. The van der Waals surface area contributed by atoms with Crippen LogP contribution in [-0.2, 0) is 20.8 Å². The van der Waals surface area contributed by atoms with E-state index in [0.717, 1.165) is 36.1 Å². The molecule has 2 atom stereocenters. The molecule has 0 aromatic carbocycles. The van der Waals surface area contributed by atoms with Crippen molar-refractivity contribution in [3.63, 3.8) is 0 Å². The molecular weight excluding hydrogens is 400 g/mol. The number of nitrogens with one attached hydrogen (secondary N) is 2. The van der Waals surface area contributed by atoms with Crippen LogP contribution < -0.4 is 10.6 Å². The van der Waals surface area contributed by atoms with Gasteiger partial charge in [-0.1, -0.05) is 0 Å². The summed E-state index contributed by atoms with van der Waals surface area (Å²) in [6.45, 7) is 4.96. The normalized spacial score (nSPS) is 19.7. The third kappa shape index (κ3) is 4.80. The summed E-state index contributed by atoms with van der Waals surface area (Å²) in [5.41, 5.74) is 1.62. The Morgan fingerprint density at radius 3 is 3.00 bits per heavy atom. The number of pyridine rings is 1. The van der Waals surface area contributed by atoms with E-state index in [0.29, 0.717) is 32.7 Å². The van der Waals surface area contributed by atoms with Gasteiger partial charge in [0.2, 0.25) is 0 Å². The number of hydrogen-bond donors (Lipinski definition) is 2. The minimum Gasteiger partial charge on any atom is -0.453 e. The summed E-state index contributed by atoms with van der Waals surface area (Å²) in [5.74, 6) is 0.0241. The van der Waals surface area contributed by atoms with Gasteiger partial charge in [-0.05, 0) is 38.3 Å². The van der Waals surface area contributed by atoms with Crippen LogP contribution in [0.3, 0.4) is 0 Å². The third-order valence-electron chi connectivity index (χ3n) is 5.75. The van der Waals surface area contributed by atoms with Crippen molar-refractivity contribution in [1.29, 1.82) is 0 Å². The molecule has 10 nitrogen and oxygen atoms in total. The number of alkyl carbamates (subject to hydrolysis) is 1. The molecule has 4 rings (SSSR count). The van der Waals surface area contributed by atoms with Crippen LogP contribution in [0.1, 0.15) is 37.9 Å². The Labute approximate surface area is 181 Å². The van der Waals surface area contributed by atoms with Crippen LogP contribution in [0.25, 0.3) is 11.0 Å². The lowest BCUT2D eigenvalue weighted by Gasteiger charge is -2.33. The number of amides is 2. The molecule has 1 aliphatic carbocycles. The smallest absolute Gasteiger partial charge is 0.406 e. The SMILES string of the molecule is COC(=O)NCCCn1nc(C(C)N(C(=O)C2CNCCO2)C2CC2)c2cccnc21. The first kappa shape index (κ1) is 21.5. The summed E-state index contributed by atoms with van der Waals surface area (Å²) in [7, 11) is 1.34. The number of carbonyl (C=O) groups is 2. The van der Waals surface area contributed by atoms with E-state index < -0.39 is 12.2 Å². The number of morpholine rings is 1. The molecule has 2 unspecified atom stereocenters. The average molecular weight is 431 g/mol. The predicted molar refractivity (Wildman–Crippen MR) is 113 cm³/mol. The standard InChI is InChI=1S/C21H30N6O4/c1-14(27(15-6-7-15)20(28)17-13-22-10-12-31-17)18-16-5-3-8-23-19(16)26(25-18)11-4-9-24-21(29)30-2/h3,5,8,14-15,17,22H,4,6-7,9-13H2,1-2H3,(H,24,29). The Hall–Kier alpha value is -2.72. The van der Waals surface area contributed by atoms with Crippen molar-refractivity contribution < 1.29 is 19.1 Å². The van der Waals surface area contributed by atoms with Crippen LogP contribution in [0.5, 0.6) is 0 Å². The molecule has 1 aliphatic heterocycles. The molecule has 10 heteroatoms. The van der Waals surface area contributed by atoms with E-state index in [2.05, 4.69) is 20.4 Å². The summed E-state index contributed by atoms with van der Waals surface area (Å²) < 4.78 is 12.2. The number of carbonyl (C=O) groups excluding carboxylic acids is 2. The van der Waals surface area contributed by atoms with Gasteiger partial charge in [-0.2, -0.15) is 5.10 Å². The minimum absolute atomic E-state index is 0.0241. The van der Waals surface area contributed by atoms with Gasteiger partial charge < -0.3 is 25.0 Å². The molecule has 2 aromatic heterocycles. The molecule has 0 bridgehead atoms. The molecule has 2 N–H and O–H groups in total. The summed E-state index contributed by atoms with van der Waals surface area (Å²) in [4.78, 5) is 31.0. The van der Waals surface area contributed by atoms with Crippen LogP contribution in [0, 0.1) is 0 Å². The van der Waals surface area contributed by atoms with Gasteiger partial charge in [0.1, 0.15) is 6.10 Å². The van der Waals surface area contributed by atoms with Crippen LogP contribution in [-0.4, -0.2) is 77.2 Å². The van der Waals surface area contributed by atoms with E-state index in [1.165, 1.54) is 7.11 Å². The fourth-order valence-corrected chi connectivity index (χ4v) is 4.05. The van der Waals surface area contributed by atoms with E-state index in [-0.39, 0.29) is 18.0 Å². The molecule has 2 fully saturated rings. The average Bonchev–Trinajstić information content (AvgIpc) is 3.57. The van der Waals surface area contributed by atoms with Crippen molar-refractivity contribution in [2.75, 3.05) is 33.4 Å². The van der Waals surface area contributed by atoms with Gasteiger partial charge >= 0.3 is 6.09 Å². The van der Waals surface area contributed by atoms with Gasteiger partial charge in [0.25, 0.3) is 5.91 Å². The van der Waals surface area contributed by atoms with Gasteiger partial charge in [0.15, 0.2) is 5.65 Å². The van der Waals surface area contributed by atoms with Crippen LogP contribution in [0.15, 0.2) is 18.3 Å². The highest BCUT2D eigenvalue weighted by atomic mass is 16.5. The van der Waals surface area contributed by atoms with Crippen LogP contribution >= 0.6 is 0 Å². The van der Waals surface area contributed by atoms with Crippen molar-refractivity contribution in [2.45, 2.75) is 50.9 Å². The summed E-state index contributed by atoms with van der Waals surface area (Å²) in [6.07, 6.45) is 3.54. The van der Waals surface area contributed by atoms with Crippen molar-refractivity contribution >= 4 is 23.0 Å². The number of hydrogen-bond acceptors (Lipinski definition) is 7. The van der Waals surface area contributed by atoms with Gasteiger partial charge in [0, 0.05) is 43.8 Å². The van der Waals surface area contributed by atoms with E-state index >= 15 is 0 Å². The molecular formula is C21H30N6O4. The third-order valence-corrected chi connectivity index (χ3v) is 5.75. The maximum atomic E-state index is 13.3. The Morgan fingerprint density at radius 1 is 1.45 bits per heavy atom. The first-order chi connectivity index (χ1) is 15.1. The molecule has 2 aromatic rings. The summed E-state index contributed by atoms with van der Waals surface area (Å²) in [6, 6.07) is 3.93. The van der Waals surface area contributed by atoms with Crippen molar-refractivity contribution in [1.82, 2.24) is 30.3 Å². The van der Waals surface area contributed by atoms with Crippen molar-refractivity contribution in [3.8, 4) is 0 Å². The zero-order valence-electron chi connectivity index (χ0n) is 18.0. The molecule has 0 radical (unpaired) electrons. The van der Waals surface area contributed by atoms with Gasteiger partial charge in [-0.15, -0.1) is 0 Å². The number of aryl methyl sites for hydroxylation is 1. The Balaban J connectivity index is 1.54. The molecule has 2 aliphatic rings. The maximum absolute atomic E-state index is 13.3. The number of aromatic nitrogens is 3. The molecule has 31 heavy (non-hydrogen) atoms. The Kier molecular flexibility index (Phi) is 6.67. The number of nitrogens with zero attached hydrogens (tertiary/aromatic N) is 4. The van der Waals surface area contributed by atoms with E-state index in [1.807, 2.05) is 28.6 Å². The largest absolute Gasteiger partial charge is 0.453 e. The monoisotopic (exact) mass is 430 g/mol. The van der Waals surface area contributed by atoms with E-state index in [1.54, 1.807) is 6.20 Å². The molecule has 2 amide bonds. The highest BCUT2D eigenvalue weighted by molar-refractivity contribution is 5.84. The quantitative estimate of drug-likeness (QED) is 0.606. The second kappa shape index (κ2) is 9.61. The zero-order chi connectivity index (χ0) is 21.8. The number of fused-ring (bicyclic) bond motifs is 1. The molecule has 3 heterocycles.